The van der Waals surface area contributed by atoms with Crippen LogP contribution in [0, 0.1) is 5.92 Å². The van der Waals surface area contributed by atoms with Gasteiger partial charge in [0.15, 0.2) is 0 Å². The molecule has 0 aliphatic rings. The fourth-order valence-electron chi connectivity index (χ4n) is 3.80. The molecule has 3 aromatic heterocycles. The predicted molar refractivity (Wildman–Crippen MR) is 147 cm³/mol. The van der Waals surface area contributed by atoms with Crippen molar-refractivity contribution in [2.45, 2.75) is 40.2 Å². The van der Waals surface area contributed by atoms with E-state index in [1.807, 2.05) is 41.8 Å². The summed E-state index contributed by atoms with van der Waals surface area (Å²) in [6, 6.07) is 11.2. The van der Waals surface area contributed by atoms with Gasteiger partial charge >= 0.3 is 5.97 Å². The molecule has 0 saturated heterocycles. The van der Waals surface area contributed by atoms with Gasteiger partial charge in [-0.25, -0.2) is 9.78 Å². The van der Waals surface area contributed by atoms with Gasteiger partial charge in [0.2, 0.25) is 0 Å². The van der Waals surface area contributed by atoms with E-state index in [4.69, 9.17) is 20.2 Å². The van der Waals surface area contributed by atoms with Gasteiger partial charge in [0, 0.05) is 22.0 Å². The van der Waals surface area contributed by atoms with E-state index < -0.39 is 5.97 Å². The Balaban J connectivity index is 1.69. The Morgan fingerprint density at radius 3 is 2.44 bits per heavy atom. The number of esters is 1. The minimum Gasteiger partial charge on any atom is -0.497 e. The second-order valence-corrected chi connectivity index (χ2v) is 11.0. The first kappa shape index (κ1) is 25.7. The largest absolute Gasteiger partial charge is 0.497 e. The average Bonchev–Trinajstić information content (AvgIpc) is 3.39. The Morgan fingerprint density at radius 2 is 1.81 bits per heavy atom. The molecular weight excluding hydrogens is 494 g/mol. The molecule has 0 aliphatic heterocycles. The van der Waals surface area contributed by atoms with Crippen LogP contribution in [0.3, 0.4) is 0 Å². The lowest BCUT2D eigenvalue weighted by molar-refractivity contribution is 0.0380. The van der Waals surface area contributed by atoms with Crippen LogP contribution in [0.15, 0.2) is 41.8 Å². The van der Waals surface area contributed by atoms with E-state index in [1.54, 1.807) is 21.0 Å². The highest BCUT2D eigenvalue weighted by Gasteiger charge is 2.26. The summed E-state index contributed by atoms with van der Waals surface area (Å²) in [6.45, 7) is 7.84. The number of hydrogen-bond donors (Lipinski definition) is 2. The molecule has 1 amide bonds. The fraction of sp³-hybridized carbons (Fsp3) is 0.296. The number of amides is 1. The van der Waals surface area contributed by atoms with Crippen molar-refractivity contribution >= 4 is 55.5 Å². The number of aromatic nitrogens is 1. The topological polar surface area (TPSA) is 104 Å². The lowest BCUT2D eigenvalue weighted by atomic mass is 10.0. The van der Waals surface area contributed by atoms with E-state index in [-0.39, 0.29) is 12.0 Å². The molecule has 188 valence electrons. The van der Waals surface area contributed by atoms with Gasteiger partial charge in [-0.15, -0.1) is 22.7 Å². The number of nitrogens with one attached hydrogen (secondary N) is 1. The maximum absolute atomic E-state index is 13.3. The second kappa shape index (κ2) is 10.7. The molecule has 4 rings (SSSR count). The average molecular weight is 524 g/mol. The molecule has 0 aliphatic carbocycles. The van der Waals surface area contributed by atoms with Crippen molar-refractivity contribution in [2.75, 3.05) is 18.2 Å². The summed E-state index contributed by atoms with van der Waals surface area (Å²) in [5.41, 5.74) is 9.49. The number of carbonyl (C=O) groups excluding carboxylic acids is 2. The van der Waals surface area contributed by atoms with Gasteiger partial charge in [0.1, 0.15) is 26.0 Å². The summed E-state index contributed by atoms with van der Waals surface area (Å²) in [7, 11) is 1.60. The quantitative estimate of drug-likeness (QED) is 0.251. The molecule has 3 N–H and O–H groups in total. The number of benzene rings is 1. The molecule has 0 unspecified atom stereocenters. The SMILES string of the molecule is COc1ccc(-c2csc(NC(=O)c3sc4nc(CC(C)C)ccc4c3N)c2C(=O)OC(C)C)cc1. The van der Waals surface area contributed by atoms with Gasteiger partial charge in [-0.2, -0.15) is 0 Å². The van der Waals surface area contributed by atoms with Crippen LogP contribution < -0.4 is 15.8 Å². The highest BCUT2D eigenvalue weighted by Crippen LogP contribution is 2.39. The number of carbonyl (C=O) groups is 2. The first-order valence-electron chi connectivity index (χ1n) is 11.6. The first-order chi connectivity index (χ1) is 17.2. The fourth-order valence-corrected chi connectivity index (χ4v) is 5.76. The van der Waals surface area contributed by atoms with E-state index in [0.29, 0.717) is 38.4 Å². The lowest BCUT2D eigenvalue weighted by Crippen LogP contribution is -2.16. The lowest BCUT2D eigenvalue weighted by Gasteiger charge is -2.12. The van der Waals surface area contributed by atoms with Crippen LogP contribution in [0.4, 0.5) is 10.7 Å². The maximum atomic E-state index is 13.3. The number of nitrogens with zero attached hydrogens (tertiary/aromatic N) is 1. The van der Waals surface area contributed by atoms with Gasteiger partial charge in [0.25, 0.3) is 5.91 Å². The number of nitrogen functional groups attached to an aromatic ring is 1. The maximum Gasteiger partial charge on any atom is 0.342 e. The normalized spacial score (nSPS) is 11.3. The van der Waals surface area contributed by atoms with E-state index in [9.17, 15) is 9.59 Å². The number of thiophene rings is 2. The molecule has 3 heterocycles. The van der Waals surface area contributed by atoms with Gasteiger partial charge in [-0.3, -0.25) is 4.79 Å². The molecule has 9 heteroatoms. The van der Waals surface area contributed by atoms with Gasteiger partial charge < -0.3 is 20.5 Å². The molecule has 0 atom stereocenters. The Morgan fingerprint density at radius 1 is 1.08 bits per heavy atom. The molecule has 0 spiro atoms. The molecule has 4 aromatic rings. The molecule has 36 heavy (non-hydrogen) atoms. The van der Waals surface area contributed by atoms with Crippen LogP contribution in [0.5, 0.6) is 5.75 Å². The van der Waals surface area contributed by atoms with Crippen molar-refractivity contribution in [1.29, 1.82) is 0 Å². The number of rotatable bonds is 8. The molecule has 0 radical (unpaired) electrons. The third kappa shape index (κ3) is 5.37. The molecule has 0 bridgehead atoms. The van der Waals surface area contributed by atoms with Gasteiger partial charge in [0.05, 0.1) is 18.9 Å². The third-order valence-corrected chi connectivity index (χ3v) is 7.45. The first-order valence-corrected chi connectivity index (χ1v) is 13.3. The van der Waals surface area contributed by atoms with Crippen LogP contribution in [0.25, 0.3) is 21.3 Å². The molecule has 0 fully saturated rings. The van der Waals surface area contributed by atoms with E-state index in [1.165, 1.54) is 22.7 Å². The smallest absolute Gasteiger partial charge is 0.342 e. The number of anilines is 2. The predicted octanol–water partition coefficient (Wildman–Crippen LogP) is 6.63. The van der Waals surface area contributed by atoms with Crippen LogP contribution >= 0.6 is 22.7 Å². The number of fused-ring (bicyclic) bond motifs is 1. The molecule has 0 saturated carbocycles. The second-order valence-electron chi connectivity index (χ2n) is 9.09. The van der Waals surface area contributed by atoms with Gasteiger partial charge in [-0.05, 0) is 56.0 Å². The summed E-state index contributed by atoms with van der Waals surface area (Å²) >= 11 is 2.52. The van der Waals surface area contributed by atoms with Gasteiger partial charge in [-0.1, -0.05) is 26.0 Å². The zero-order valence-corrected chi connectivity index (χ0v) is 22.5. The monoisotopic (exact) mass is 523 g/mol. The van der Waals surface area contributed by atoms with Crippen molar-refractivity contribution < 1.29 is 19.1 Å². The zero-order chi connectivity index (χ0) is 26.0. The highest BCUT2D eigenvalue weighted by atomic mass is 32.1. The summed E-state index contributed by atoms with van der Waals surface area (Å²) in [5, 5.41) is 5.89. The molecular formula is C27H29N3O4S2. The number of hydrogen-bond acceptors (Lipinski definition) is 8. The van der Waals surface area contributed by atoms with E-state index in [0.717, 1.165) is 27.9 Å². The van der Waals surface area contributed by atoms with Crippen LogP contribution in [-0.4, -0.2) is 30.1 Å². The summed E-state index contributed by atoms with van der Waals surface area (Å²) in [5.74, 6) is 0.288. The van der Waals surface area contributed by atoms with Crippen LogP contribution in [-0.2, 0) is 11.2 Å². The minimum atomic E-state index is -0.503. The van der Waals surface area contributed by atoms with Crippen molar-refractivity contribution in [2.24, 2.45) is 5.92 Å². The molecule has 1 aromatic carbocycles. The third-order valence-electron chi connectivity index (χ3n) is 5.44. The minimum absolute atomic E-state index is 0.309. The van der Waals surface area contributed by atoms with Crippen molar-refractivity contribution in [1.82, 2.24) is 4.98 Å². The van der Waals surface area contributed by atoms with Crippen molar-refractivity contribution in [3.63, 3.8) is 0 Å². The summed E-state index contributed by atoms with van der Waals surface area (Å²) in [4.78, 5) is 32.2. The Labute approximate surface area is 218 Å². The van der Waals surface area contributed by atoms with E-state index >= 15 is 0 Å². The van der Waals surface area contributed by atoms with E-state index in [2.05, 4.69) is 19.2 Å². The zero-order valence-electron chi connectivity index (χ0n) is 20.9. The van der Waals surface area contributed by atoms with Crippen molar-refractivity contribution in [3.05, 3.63) is 57.9 Å². The van der Waals surface area contributed by atoms with Crippen molar-refractivity contribution in [3.8, 4) is 16.9 Å². The summed E-state index contributed by atoms with van der Waals surface area (Å²) < 4.78 is 10.7. The highest BCUT2D eigenvalue weighted by molar-refractivity contribution is 7.21. The number of ether oxygens (including phenoxy) is 2. The number of methoxy groups -OCH3 is 1. The summed E-state index contributed by atoms with van der Waals surface area (Å²) in [6.07, 6.45) is 0.536. The molecule has 7 nitrogen and oxygen atoms in total. The standard InChI is InChI=1S/C27H29N3O4S2/c1-14(2)12-17-8-11-19-22(28)23(36-25(19)29-17)24(31)30-26-21(27(32)34-15(3)4)20(13-35-26)16-6-9-18(33-5)10-7-16/h6-11,13-15H,12,28H2,1-5H3,(H,30,31). The number of nitrogens with two attached hydrogens (primary N) is 1. The van der Waals surface area contributed by atoms with Crippen LogP contribution in [0.1, 0.15) is 53.4 Å². The number of pyridine rings is 1. The van der Waals surface area contributed by atoms with Crippen LogP contribution in [0.2, 0.25) is 0 Å². The Hall–Kier alpha value is -3.43. The Kier molecular flexibility index (Phi) is 7.61. The Bertz CT molecular complexity index is 1400.